The highest BCUT2D eigenvalue weighted by Crippen LogP contribution is 2.38. The summed E-state index contributed by atoms with van der Waals surface area (Å²) in [6.07, 6.45) is -1.96. The summed E-state index contributed by atoms with van der Waals surface area (Å²) in [5.74, 6) is 0.616. The van der Waals surface area contributed by atoms with Crippen LogP contribution in [0.5, 0.6) is 0 Å². The maximum atomic E-state index is 13.2. The SMILES string of the molecule is CCNCc1ccc(N(C)C(C)C2CC2)cc1C(F)(F)F. The number of rotatable bonds is 6. The van der Waals surface area contributed by atoms with Crippen LogP contribution in [0.2, 0.25) is 0 Å². The molecule has 0 amide bonds. The second-order valence-electron chi connectivity index (χ2n) is 5.81. The molecule has 0 bridgehead atoms. The molecule has 0 spiro atoms. The molecule has 2 nitrogen and oxygen atoms in total. The van der Waals surface area contributed by atoms with Gasteiger partial charge < -0.3 is 10.2 Å². The van der Waals surface area contributed by atoms with Gasteiger partial charge in [0, 0.05) is 25.3 Å². The summed E-state index contributed by atoms with van der Waals surface area (Å²) in [4.78, 5) is 1.96. The summed E-state index contributed by atoms with van der Waals surface area (Å²) < 4.78 is 39.7. The number of benzene rings is 1. The quantitative estimate of drug-likeness (QED) is 0.852. The topological polar surface area (TPSA) is 15.3 Å². The molecule has 5 heteroatoms. The van der Waals surface area contributed by atoms with Crippen molar-refractivity contribution < 1.29 is 13.2 Å². The maximum Gasteiger partial charge on any atom is 0.416 e. The van der Waals surface area contributed by atoms with Crippen LogP contribution in [-0.2, 0) is 12.7 Å². The molecule has 1 aromatic rings. The van der Waals surface area contributed by atoms with E-state index in [-0.39, 0.29) is 12.6 Å². The lowest BCUT2D eigenvalue weighted by atomic mass is 10.0. The summed E-state index contributed by atoms with van der Waals surface area (Å²) in [5.41, 5.74) is 0.415. The van der Waals surface area contributed by atoms with Gasteiger partial charge in [-0.3, -0.25) is 0 Å². The lowest BCUT2D eigenvalue weighted by Crippen LogP contribution is -2.31. The van der Waals surface area contributed by atoms with Crippen LogP contribution < -0.4 is 10.2 Å². The zero-order valence-corrected chi connectivity index (χ0v) is 12.8. The Hall–Kier alpha value is -1.23. The summed E-state index contributed by atoms with van der Waals surface area (Å²) in [6.45, 7) is 4.86. The van der Waals surface area contributed by atoms with E-state index in [1.165, 1.54) is 18.9 Å². The molecular formula is C16H23F3N2. The Labute approximate surface area is 124 Å². The van der Waals surface area contributed by atoms with Gasteiger partial charge >= 0.3 is 6.18 Å². The van der Waals surface area contributed by atoms with E-state index in [1.54, 1.807) is 12.1 Å². The van der Waals surface area contributed by atoms with Gasteiger partial charge in [-0.05, 0) is 49.9 Å². The van der Waals surface area contributed by atoms with Crippen molar-refractivity contribution in [3.8, 4) is 0 Å². The van der Waals surface area contributed by atoms with Gasteiger partial charge in [-0.25, -0.2) is 0 Å². The minimum atomic E-state index is -4.32. The first-order chi connectivity index (χ1) is 9.84. The smallest absolute Gasteiger partial charge is 0.372 e. The van der Waals surface area contributed by atoms with Crippen LogP contribution >= 0.6 is 0 Å². The van der Waals surface area contributed by atoms with Crippen molar-refractivity contribution in [2.75, 3.05) is 18.5 Å². The molecule has 21 heavy (non-hydrogen) atoms. The fourth-order valence-corrected chi connectivity index (χ4v) is 2.59. The largest absolute Gasteiger partial charge is 0.416 e. The van der Waals surface area contributed by atoms with E-state index < -0.39 is 11.7 Å². The minimum Gasteiger partial charge on any atom is -0.372 e. The maximum absolute atomic E-state index is 13.2. The van der Waals surface area contributed by atoms with Crippen LogP contribution in [0.25, 0.3) is 0 Å². The molecule has 1 aromatic carbocycles. The molecule has 1 aliphatic carbocycles. The number of hydrogen-bond donors (Lipinski definition) is 1. The fraction of sp³-hybridized carbons (Fsp3) is 0.625. The Bertz CT molecular complexity index is 481. The van der Waals surface area contributed by atoms with E-state index in [4.69, 9.17) is 0 Å². The molecule has 2 rings (SSSR count). The lowest BCUT2D eigenvalue weighted by Gasteiger charge is -2.28. The number of hydrogen-bond acceptors (Lipinski definition) is 2. The van der Waals surface area contributed by atoms with Gasteiger partial charge in [0.2, 0.25) is 0 Å². The Morgan fingerprint density at radius 2 is 2.00 bits per heavy atom. The van der Waals surface area contributed by atoms with E-state index in [9.17, 15) is 13.2 Å². The van der Waals surface area contributed by atoms with Crippen LogP contribution in [0, 0.1) is 5.92 Å². The minimum absolute atomic E-state index is 0.244. The van der Waals surface area contributed by atoms with Gasteiger partial charge in [0.15, 0.2) is 0 Å². The van der Waals surface area contributed by atoms with E-state index in [0.29, 0.717) is 23.7 Å². The molecule has 1 aliphatic rings. The summed E-state index contributed by atoms with van der Waals surface area (Å²) >= 11 is 0. The predicted octanol–water partition coefficient (Wildman–Crippen LogP) is 4.05. The highest BCUT2D eigenvalue weighted by Gasteiger charge is 2.35. The van der Waals surface area contributed by atoms with E-state index in [1.807, 2.05) is 18.9 Å². The molecule has 1 atom stereocenters. The van der Waals surface area contributed by atoms with E-state index >= 15 is 0 Å². The van der Waals surface area contributed by atoms with Crippen molar-refractivity contribution in [1.82, 2.24) is 5.32 Å². The van der Waals surface area contributed by atoms with Crippen molar-refractivity contribution >= 4 is 5.69 Å². The number of nitrogens with zero attached hydrogens (tertiary/aromatic N) is 1. The number of nitrogens with one attached hydrogen (secondary N) is 1. The summed E-state index contributed by atoms with van der Waals surface area (Å²) in [7, 11) is 1.88. The first-order valence-corrected chi connectivity index (χ1v) is 7.48. The third-order valence-electron chi connectivity index (χ3n) is 4.29. The average molecular weight is 300 g/mol. The Balaban J connectivity index is 2.27. The zero-order valence-electron chi connectivity index (χ0n) is 12.8. The number of halogens is 3. The zero-order chi connectivity index (χ0) is 15.6. The lowest BCUT2D eigenvalue weighted by molar-refractivity contribution is -0.138. The molecule has 0 aromatic heterocycles. The summed E-state index contributed by atoms with van der Waals surface area (Å²) in [6, 6.07) is 4.95. The van der Waals surface area contributed by atoms with Crippen molar-refractivity contribution in [2.45, 2.75) is 45.5 Å². The third-order valence-corrected chi connectivity index (χ3v) is 4.29. The second kappa shape index (κ2) is 6.26. The molecule has 1 fully saturated rings. The molecule has 0 saturated heterocycles. The molecular weight excluding hydrogens is 277 g/mol. The van der Waals surface area contributed by atoms with Crippen molar-refractivity contribution in [3.05, 3.63) is 29.3 Å². The summed E-state index contributed by atoms with van der Waals surface area (Å²) in [5, 5.41) is 2.96. The molecule has 0 radical (unpaired) electrons. The highest BCUT2D eigenvalue weighted by molar-refractivity contribution is 5.52. The third kappa shape index (κ3) is 3.90. The normalized spacial score (nSPS) is 16.9. The highest BCUT2D eigenvalue weighted by atomic mass is 19.4. The molecule has 1 N–H and O–H groups in total. The molecule has 1 saturated carbocycles. The fourth-order valence-electron chi connectivity index (χ4n) is 2.59. The van der Waals surface area contributed by atoms with Crippen LogP contribution in [0.1, 0.15) is 37.8 Å². The molecule has 0 heterocycles. The van der Waals surface area contributed by atoms with Gasteiger partial charge in [-0.2, -0.15) is 13.2 Å². The van der Waals surface area contributed by atoms with Gasteiger partial charge in [0.25, 0.3) is 0 Å². The van der Waals surface area contributed by atoms with Crippen molar-refractivity contribution in [3.63, 3.8) is 0 Å². The number of anilines is 1. The Morgan fingerprint density at radius 3 is 2.52 bits per heavy atom. The standard InChI is InChI=1S/C16H23F3N2/c1-4-20-10-13-7-8-14(9-15(13)16(17,18)19)21(3)11(2)12-5-6-12/h7-9,11-12,20H,4-6,10H2,1-3H3. The van der Waals surface area contributed by atoms with Crippen molar-refractivity contribution in [1.29, 1.82) is 0 Å². The predicted molar refractivity (Wildman–Crippen MR) is 79.4 cm³/mol. The first-order valence-electron chi connectivity index (χ1n) is 7.48. The molecule has 0 aliphatic heterocycles. The van der Waals surface area contributed by atoms with Gasteiger partial charge in [0.05, 0.1) is 5.56 Å². The molecule has 118 valence electrons. The van der Waals surface area contributed by atoms with E-state index in [2.05, 4.69) is 12.2 Å². The van der Waals surface area contributed by atoms with Crippen LogP contribution in [0.15, 0.2) is 18.2 Å². The van der Waals surface area contributed by atoms with Crippen molar-refractivity contribution in [2.24, 2.45) is 5.92 Å². The first kappa shape index (κ1) is 16.1. The average Bonchev–Trinajstić information content (AvgIpc) is 3.27. The second-order valence-corrected chi connectivity index (χ2v) is 5.81. The Kier molecular flexibility index (Phi) is 4.81. The van der Waals surface area contributed by atoms with Crippen LogP contribution in [-0.4, -0.2) is 19.6 Å². The van der Waals surface area contributed by atoms with E-state index in [0.717, 1.165) is 0 Å². The van der Waals surface area contributed by atoms with Gasteiger partial charge in [0.1, 0.15) is 0 Å². The Morgan fingerprint density at radius 1 is 1.33 bits per heavy atom. The molecule has 1 unspecified atom stereocenters. The van der Waals surface area contributed by atoms with Gasteiger partial charge in [-0.15, -0.1) is 0 Å². The van der Waals surface area contributed by atoms with Crippen LogP contribution in [0.3, 0.4) is 0 Å². The number of alkyl halides is 3. The van der Waals surface area contributed by atoms with Gasteiger partial charge in [-0.1, -0.05) is 13.0 Å². The van der Waals surface area contributed by atoms with Crippen LogP contribution in [0.4, 0.5) is 18.9 Å². The monoisotopic (exact) mass is 300 g/mol.